The van der Waals surface area contributed by atoms with Gasteiger partial charge in [-0.05, 0) is 42.8 Å². The molecule has 1 fully saturated rings. The lowest BCUT2D eigenvalue weighted by Crippen LogP contribution is -2.24. The molecular formula is C23H21N3O2. The quantitative estimate of drug-likeness (QED) is 0.564. The van der Waals surface area contributed by atoms with Crippen molar-refractivity contribution in [2.45, 2.75) is 19.4 Å². The lowest BCUT2D eigenvalue weighted by atomic mass is 10.2. The Morgan fingerprint density at radius 2 is 1.93 bits per heavy atom. The maximum absolute atomic E-state index is 7.58. The number of hydrogen-bond acceptors (Lipinski definition) is 4. The molecule has 1 aliphatic heterocycles. The molecule has 1 atom stereocenters. The average molecular weight is 371 g/mol. The zero-order chi connectivity index (χ0) is 19.3. The zero-order valence-corrected chi connectivity index (χ0v) is 15.7. The summed E-state index contributed by atoms with van der Waals surface area (Å²) in [7, 11) is 0. The maximum Gasteiger partial charge on any atom is 0.213 e. The summed E-state index contributed by atoms with van der Waals surface area (Å²) in [6.45, 7) is 11.2. The van der Waals surface area contributed by atoms with E-state index in [9.17, 15) is 0 Å². The van der Waals surface area contributed by atoms with E-state index in [-0.39, 0.29) is 6.10 Å². The molecular weight excluding hydrogens is 350 g/mol. The fourth-order valence-electron chi connectivity index (χ4n) is 3.29. The van der Waals surface area contributed by atoms with Crippen LogP contribution in [-0.4, -0.2) is 24.2 Å². The molecule has 1 aromatic heterocycles. The van der Waals surface area contributed by atoms with E-state index < -0.39 is 0 Å². The van der Waals surface area contributed by atoms with Crippen molar-refractivity contribution in [3.63, 3.8) is 0 Å². The molecule has 1 aliphatic rings. The molecule has 1 saturated heterocycles. The maximum atomic E-state index is 7.58. The van der Waals surface area contributed by atoms with E-state index in [0.717, 1.165) is 36.5 Å². The van der Waals surface area contributed by atoms with Crippen molar-refractivity contribution in [3.8, 4) is 17.4 Å². The number of benzene rings is 2. The summed E-state index contributed by atoms with van der Waals surface area (Å²) in [6, 6.07) is 19.1. The summed E-state index contributed by atoms with van der Waals surface area (Å²) in [6.07, 6.45) is 2.77. The highest BCUT2D eigenvalue weighted by Gasteiger charge is 2.26. The summed E-state index contributed by atoms with van der Waals surface area (Å²) in [5, 5.41) is 0. The van der Waals surface area contributed by atoms with Gasteiger partial charge in [0.15, 0.2) is 0 Å². The Balaban J connectivity index is 1.45. The molecule has 0 radical (unpaired) electrons. The van der Waals surface area contributed by atoms with Gasteiger partial charge in [-0.1, -0.05) is 24.3 Å². The third-order valence-corrected chi connectivity index (χ3v) is 4.70. The van der Waals surface area contributed by atoms with Gasteiger partial charge < -0.3 is 14.4 Å². The van der Waals surface area contributed by atoms with Gasteiger partial charge in [-0.3, -0.25) is 0 Å². The van der Waals surface area contributed by atoms with Crippen LogP contribution < -0.4 is 14.4 Å². The Labute approximate surface area is 165 Å². The van der Waals surface area contributed by atoms with Crippen molar-refractivity contribution in [1.29, 1.82) is 0 Å². The monoisotopic (exact) mass is 371 g/mol. The van der Waals surface area contributed by atoms with Gasteiger partial charge in [0.1, 0.15) is 17.6 Å². The smallest absolute Gasteiger partial charge is 0.213 e. The molecule has 28 heavy (non-hydrogen) atoms. The third kappa shape index (κ3) is 4.07. The van der Waals surface area contributed by atoms with E-state index in [1.54, 1.807) is 6.07 Å². The number of hydrogen-bond donors (Lipinski definition) is 0. The van der Waals surface area contributed by atoms with Crippen LogP contribution in [0.25, 0.3) is 4.85 Å². The summed E-state index contributed by atoms with van der Waals surface area (Å²) < 4.78 is 11.9. The van der Waals surface area contributed by atoms with Gasteiger partial charge in [0, 0.05) is 30.9 Å². The van der Waals surface area contributed by atoms with Gasteiger partial charge >= 0.3 is 0 Å². The van der Waals surface area contributed by atoms with Crippen LogP contribution >= 0.6 is 0 Å². The number of aryl methyl sites for hydroxylation is 1. The molecule has 0 amide bonds. The van der Waals surface area contributed by atoms with Crippen LogP contribution in [0.4, 0.5) is 11.4 Å². The Hall–Kier alpha value is -3.52. The predicted octanol–water partition coefficient (Wildman–Crippen LogP) is 5.39. The van der Waals surface area contributed by atoms with E-state index in [4.69, 9.17) is 16.0 Å². The minimum Gasteiger partial charge on any atom is -0.472 e. The fourth-order valence-corrected chi connectivity index (χ4v) is 3.29. The number of nitrogens with zero attached hydrogens (tertiary/aromatic N) is 3. The summed E-state index contributed by atoms with van der Waals surface area (Å²) in [4.78, 5) is 10.2. The molecule has 0 N–H and O–H groups in total. The van der Waals surface area contributed by atoms with Crippen LogP contribution in [0.1, 0.15) is 12.0 Å². The van der Waals surface area contributed by atoms with Crippen LogP contribution in [0.15, 0.2) is 66.9 Å². The van der Waals surface area contributed by atoms with Crippen LogP contribution in [-0.2, 0) is 0 Å². The minimum atomic E-state index is 0.0639. The zero-order valence-electron chi connectivity index (χ0n) is 15.7. The molecule has 0 aliphatic carbocycles. The number of rotatable bonds is 5. The van der Waals surface area contributed by atoms with E-state index >= 15 is 0 Å². The molecule has 3 aromatic rings. The van der Waals surface area contributed by atoms with Crippen LogP contribution in [0.5, 0.6) is 17.4 Å². The van der Waals surface area contributed by atoms with Crippen molar-refractivity contribution in [2.24, 2.45) is 0 Å². The third-order valence-electron chi connectivity index (χ3n) is 4.70. The highest BCUT2D eigenvalue weighted by molar-refractivity contribution is 5.73. The number of aromatic nitrogens is 1. The molecule has 0 unspecified atom stereocenters. The van der Waals surface area contributed by atoms with Gasteiger partial charge in [-0.15, -0.1) is 0 Å². The number of pyridine rings is 1. The predicted molar refractivity (Wildman–Crippen MR) is 109 cm³/mol. The molecule has 4 rings (SSSR count). The largest absolute Gasteiger partial charge is 0.472 e. The first-order valence-electron chi connectivity index (χ1n) is 9.30. The molecule has 5 nitrogen and oxygen atoms in total. The van der Waals surface area contributed by atoms with Gasteiger partial charge in [-0.25, -0.2) is 9.83 Å². The molecule has 5 heteroatoms. The first-order valence-corrected chi connectivity index (χ1v) is 9.30. The Morgan fingerprint density at radius 1 is 1.07 bits per heavy atom. The highest BCUT2D eigenvalue weighted by atomic mass is 16.5. The first-order chi connectivity index (χ1) is 13.7. The van der Waals surface area contributed by atoms with Crippen molar-refractivity contribution < 1.29 is 9.47 Å². The first kappa shape index (κ1) is 17.9. The second-order valence-electron chi connectivity index (χ2n) is 6.83. The Bertz CT molecular complexity index is 981. The van der Waals surface area contributed by atoms with Crippen molar-refractivity contribution in [2.75, 3.05) is 18.0 Å². The summed E-state index contributed by atoms with van der Waals surface area (Å²) in [5.41, 5.74) is 2.61. The summed E-state index contributed by atoms with van der Waals surface area (Å²) >= 11 is 0. The SMILES string of the molecule is [C-]#[N+]c1cc(Oc2ccccc2)ccc1N1CC[C@H](Oc2ccc(C)cn2)C1. The van der Waals surface area contributed by atoms with Gasteiger partial charge in [0.05, 0.1) is 13.1 Å². The topological polar surface area (TPSA) is 39.0 Å². The molecule has 140 valence electrons. The second-order valence-corrected chi connectivity index (χ2v) is 6.83. The van der Waals surface area contributed by atoms with E-state index in [2.05, 4.69) is 14.7 Å². The van der Waals surface area contributed by atoms with Crippen LogP contribution in [0.2, 0.25) is 0 Å². The standard InChI is InChI=1S/C23H21N3O2/c1-17-8-11-23(25-15-17)28-20-12-13-26(16-20)22-10-9-19(14-21(22)24-2)27-18-6-4-3-5-7-18/h3-11,14-15,20H,12-13,16H2,1H3/t20-/m0/s1. The van der Waals surface area contributed by atoms with E-state index in [0.29, 0.717) is 17.3 Å². The van der Waals surface area contributed by atoms with Gasteiger partial charge in [-0.2, -0.15) is 0 Å². The second kappa shape index (κ2) is 8.01. The Kier molecular flexibility index (Phi) is 5.11. The molecule has 0 bridgehead atoms. The minimum absolute atomic E-state index is 0.0639. The molecule has 0 spiro atoms. The van der Waals surface area contributed by atoms with E-state index in [1.807, 2.05) is 67.7 Å². The Morgan fingerprint density at radius 3 is 2.68 bits per heavy atom. The van der Waals surface area contributed by atoms with Crippen molar-refractivity contribution in [1.82, 2.24) is 4.98 Å². The average Bonchev–Trinajstić information content (AvgIpc) is 3.18. The van der Waals surface area contributed by atoms with Crippen LogP contribution in [0.3, 0.4) is 0 Å². The fraction of sp³-hybridized carbons (Fsp3) is 0.217. The lowest BCUT2D eigenvalue weighted by molar-refractivity contribution is 0.216. The molecule has 0 saturated carbocycles. The van der Waals surface area contributed by atoms with E-state index in [1.165, 1.54) is 0 Å². The molecule has 2 heterocycles. The number of anilines is 1. The van der Waals surface area contributed by atoms with Crippen molar-refractivity contribution >= 4 is 11.4 Å². The number of ether oxygens (including phenoxy) is 2. The van der Waals surface area contributed by atoms with Crippen molar-refractivity contribution in [3.05, 3.63) is 83.8 Å². The lowest BCUT2D eigenvalue weighted by Gasteiger charge is -2.21. The summed E-state index contributed by atoms with van der Waals surface area (Å²) in [5.74, 6) is 2.07. The highest BCUT2D eigenvalue weighted by Crippen LogP contribution is 2.36. The van der Waals surface area contributed by atoms with Gasteiger partial charge in [0.25, 0.3) is 0 Å². The van der Waals surface area contributed by atoms with Crippen LogP contribution in [0, 0.1) is 13.5 Å². The molecule has 2 aromatic carbocycles. The normalized spacial score (nSPS) is 15.9. The number of para-hydroxylation sites is 1. The van der Waals surface area contributed by atoms with Gasteiger partial charge in [0.2, 0.25) is 11.6 Å².